The van der Waals surface area contributed by atoms with Crippen molar-refractivity contribution < 1.29 is 9.59 Å². The predicted octanol–water partition coefficient (Wildman–Crippen LogP) is -0.159. The van der Waals surface area contributed by atoms with Crippen LogP contribution >= 0.6 is 0 Å². The predicted molar refractivity (Wildman–Crippen MR) is 83.6 cm³/mol. The highest BCUT2D eigenvalue weighted by Crippen LogP contribution is 2.32. The number of aromatic nitrogens is 2. The minimum absolute atomic E-state index is 0.00172. The number of hydrogen-bond acceptors (Lipinski definition) is 4. The van der Waals surface area contributed by atoms with E-state index in [4.69, 9.17) is 0 Å². The molecule has 7 nitrogen and oxygen atoms in total. The fourth-order valence-corrected chi connectivity index (χ4v) is 3.81. The fraction of sp³-hybridized carbons (Fsp3) is 0.688. The van der Waals surface area contributed by atoms with Crippen LogP contribution in [0.25, 0.3) is 0 Å². The molecule has 1 atom stereocenters. The smallest absolute Gasteiger partial charge is 0.248 e. The normalized spacial score (nSPS) is 27.2. The van der Waals surface area contributed by atoms with Crippen molar-refractivity contribution in [2.75, 3.05) is 19.6 Å². The first kappa shape index (κ1) is 14.7. The maximum absolute atomic E-state index is 13.0. The van der Waals surface area contributed by atoms with Crippen LogP contribution in [0.2, 0.25) is 0 Å². The Hall–Kier alpha value is -1.89. The highest BCUT2D eigenvalue weighted by molar-refractivity contribution is 5.87. The number of carbonyl (C=O) groups is 2. The van der Waals surface area contributed by atoms with Crippen molar-refractivity contribution in [1.82, 2.24) is 25.3 Å². The summed E-state index contributed by atoms with van der Waals surface area (Å²) in [5, 5.41) is 10.8. The molecule has 1 unspecified atom stereocenters. The standard InChI is InChI=1S/C16H23N5O2/c22-14-10-12(11-20(14)13-2-3-13)19-15(23)16(4-7-17-8-5-16)21-9-1-6-18-21/h1,6,9,12-13,17H,2-5,7-8,10-11H2,(H,19,23). The van der Waals surface area contributed by atoms with E-state index in [1.165, 1.54) is 0 Å². The molecule has 1 saturated carbocycles. The van der Waals surface area contributed by atoms with Crippen molar-refractivity contribution in [3.05, 3.63) is 18.5 Å². The van der Waals surface area contributed by atoms with Crippen LogP contribution in [-0.2, 0) is 15.1 Å². The zero-order chi connectivity index (χ0) is 15.9. The van der Waals surface area contributed by atoms with Gasteiger partial charge < -0.3 is 15.5 Å². The molecule has 3 heterocycles. The van der Waals surface area contributed by atoms with Gasteiger partial charge in [0.2, 0.25) is 11.8 Å². The maximum Gasteiger partial charge on any atom is 0.248 e. The lowest BCUT2D eigenvalue weighted by Gasteiger charge is -2.37. The van der Waals surface area contributed by atoms with Crippen LogP contribution in [0.1, 0.15) is 32.1 Å². The van der Waals surface area contributed by atoms with Gasteiger partial charge in [0, 0.05) is 31.4 Å². The van der Waals surface area contributed by atoms with Crippen LogP contribution in [0.3, 0.4) is 0 Å². The Balaban J connectivity index is 1.49. The Bertz CT molecular complexity index is 590. The molecule has 2 aliphatic heterocycles. The first-order valence-electron chi connectivity index (χ1n) is 8.50. The van der Waals surface area contributed by atoms with Crippen molar-refractivity contribution in [3.8, 4) is 0 Å². The summed E-state index contributed by atoms with van der Waals surface area (Å²) in [5.74, 6) is 0.175. The van der Waals surface area contributed by atoms with Crippen LogP contribution in [0.5, 0.6) is 0 Å². The molecular formula is C16H23N5O2. The summed E-state index contributed by atoms with van der Waals surface area (Å²) in [5.41, 5.74) is -0.634. The van der Waals surface area contributed by atoms with Gasteiger partial charge in [-0.05, 0) is 44.8 Å². The first-order chi connectivity index (χ1) is 11.2. The molecule has 1 aromatic heterocycles. The van der Waals surface area contributed by atoms with Gasteiger partial charge in [-0.15, -0.1) is 0 Å². The van der Waals surface area contributed by atoms with Gasteiger partial charge in [0.25, 0.3) is 0 Å². The molecule has 2 saturated heterocycles. The lowest BCUT2D eigenvalue weighted by molar-refractivity contribution is -0.132. The molecular weight excluding hydrogens is 294 g/mol. The average molecular weight is 317 g/mol. The van der Waals surface area contributed by atoms with Crippen molar-refractivity contribution in [2.24, 2.45) is 0 Å². The van der Waals surface area contributed by atoms with Gasteiger partial charge in [0.15, 0.2) is 0 Å². The molecule has 0 bridgehead atoms. The van der Waals surface area contributed by atoms with E-state index < -0.39 is 5.54 Å². The zero-order valence-electron chi connectivity index (χ0n) is 13.2. The number of nitrogens with one attached hydrogen (secondary N) is 2. The quantitative estimate of drug-likeness (QED) is 0.809. The molecule has 124 valence electrons. The van der Waals surface area contributed by atoms with Crippen molar-refractivity contribution in [2.45, 2.75) is 49.7 Å². The number of amides is 2. The van der Waals surface area contributed by atoms with Gasteiger partial charge in [-0.1, -0.05) is 0 Å². The molecule has 2 amide bonds. The van der Waals surface area contributed by atoms with E-state index in [1.807, 2.05) is 17.2 Å². The van der Waals surface area contributed by atoms with Gasteiger partial charge in [0.05, 0.1) is 6.04 Å². The molecule has 2 N–H and O–H groups in total. The van der Waals surface area contributed by atoms with Gasteiger partial charge in [-0.3, -0.25) is 14.3 Å². The molecule has 4 rings (SSSR count). The third-order valence-electron chi connectivity index (χ3n) is 5.28. The van der Waals surface area contributed by atoms with E-state index >= 15 is 0 Å². The summed E-state index contributed by atoms with van der Waals surface area (Å²) < 4.78 is 1.79. The summed E-state index contributed by atoms with van der Waals surface area (Å²) in [7, 11) is 0. The summed E-state index contributed by atoms with van der Waals surface area (Å²) in [6.45, 7) is 2.25. The van der Waals surface area contributed by atoms with Gasteiger partial charge in [-0.2, -0.15) is 5.10 Å². The summed E-state index contributed by atoms with van der Waals surface area (Å²) in [6.07, 6.45) is 7.65. The number of piperidine rings is 1. The number of likely N-dealkylation sites (tertiary alicyclic amines) is 1. The molecule has 1 aromatic rings. The van der Waals surface area contributed by atoms with E-state index in [2.05, 4.69) is 15.7 Å². The average Bonchev–Trinajstić information content (AvgIpc) is 3.11. The largest absolute Gasteiger partial charge is 0.349 e. The van der Waals surface area contributed by atoms with Crippen molar-refractivity contribution in [3.63, 3.8) is 0 Å². The highest BCUT2D eigenvalue weighted by Gasteiger charge is 2.45. The second-order valence-corrected chi connectivity index (χ2v) is 6.88. The third kappa shape index (κ3) is 2.63. The number of hydrogen-bond donors (Lipinski definition) is 2. The molecule has 3 aliphatic rings. The number of nitrogens with zero attached hydrogens (tertiary/aromatic N) is 3. The van der Waals surface area contributed by atoms with Gasteiger partial charge in [-0.25, -0.2) is 0 Å². The first-order valence-corrected chi connectivity index (χ1v) is 8.50. The minimum Gasteiger partial charge on any atom is -0.349 e. The van der Waals surface area contributed by atoms with Crippen LogP contribution in [0, 0.1) is 0 Å². The minimum atomic E-state index is -0.634. The van der Waals surface area contributed by atoms with Gasteiger partial charge in [0.1, 0.15) is 5.54 Å². The van der Waals surface area contributed by atoms with Crippen LogP contribution in [0.15, 0.2) is 18.5 Å². The molecule has 23 heavy (non-hydrogen) atoms. The molecule has 7 heteroatoms. The van der Waals surface area contributed by atoms with E-state index in [9.17, 15) is 9.59 Å². The van der Waals surface area contributed by atoms with E-state index in [1.54, 1.807) is 10.9 Å². The Morgan fingerprint density at radius 1 is 1.35 bits per heavy atom. The Morgan fingerprint density at radius 3 is 2.78 bits per heavy atom. The Kier molecular flexibility index (Phi) is 3.60. The van der Waals surface area contributed by atoms with Crippen molar-refractivity contribution >= 4 is 11.8 Å². The second kappa shape index (κ2) is 5.63. The summed E-state index contributed by atoms with van der Waals surface area (Å²) in [6, 6.07) is 2.20. The number of rotatable bonds is 4. The van der Waals surface area contributed by atoms with Crippen LogP contribution in [0.4, 0.5) is 0 Å². The lowest BCUT2D eigenvalue weighted by Crippen LogP contribution is -2.56. The fourth-order valence-electron chi connectivity index (χ4n) is 3.81. The highest BCUT2D eigenvalue weighted by atomic mass is 16.2. The van der Waals surface area contributed by atoms with Crippen LogP contribution in [-0.4, -0.2) is 58.2 Å². The lowest BCUT2D eigenvalue weighted by atomic mass is 9.87. The Labute approximate surface area is 135 Å². The SMILES string of the molecule is O=C1CC(NC(=O)C2(n3cccn3)CCNCC2)CN1C1CC1. The monoisotopic (exact) mass is 317 g/mol. The topological polar surface area (TPSA) is 79.3 Å². The van der Waals surface area contributed by atoms with Crippen LogP contribution < -0.4 is 10.6 Å². The Morgan fingerprint density at radius 2 is 2.13 bits per heavy atom. The van der Waals surface area contributed by atoms with Crippen molar-refractivity contribution in [1.29, 1.82) is 0 Å². The van der Waals surface area contributed by atoms with E-state index in [-0.39, 0.29) is 17.9 Å². The molecule has 0 radical (unpaired) electrons. The van der Waals surface area contributed by atoms with E-state index in [0.29, 0.717) is 31.8 Å². The van der Waals surface area contributed by atoms with Gasteiger partial charge >= 0.3 is 0 Å². The second-order valence-electron chi connectivity index (χ2n) is 6.88. The van der Waals surface area contributed by atoms with E-state index in [0.717, 1.165) is 25.9 Å². The summed E-state index contributed by atoms with van der Waals surface area (Å²) in [4.78, 5) is 27.1. The molecule has 3 fully saturated rings. The number of carbonyl (C=O) groups excluding carboxylic acids is 2. The summed E-state index contributed by atoms with van der Waals surface area (Å²) >= 11 is 0. The molecule has 1 aliphatic carbocycles. The third-order valence-corrected chi connectivity index (χ3v) is 5.28. The molecule has 0 aromatic carbocycles. The zero-order valence-corrected chi connectivity index (χ0v) is 13.2. The maximum atomic E-state index is 13.0. The molecule has 0 spiro atoms.